The number of hydrogen-bond acceptors (Lipinski definition) is 5. The van der Waals surface area contributed by atoms with Crippen LogP contribution in [-0.4, -0.2) is 63.7 Å². The van der Waals surface area contributed by atoms with Crippen LogP contribution in [-0.2, 0) is 16.6 Å². The number of piperazine rings is 1. The van der Waals surface area contributed by atoms with Gasteiger partial charge in [0.15, 0.2) is 0 Å². The SMILES string of the molecule is CS(=O)(=O)NCCN1CCN(Cc2cccs2)CC1. The fraction of sp³-hybridized carbons (Fsp3) is 0.667. The number of sulfonamides is 1. The van der Waals surface area contributed by atoms with E-state index in [4.69, 9.17) is 0 Å². The first-order valence-corrected chi connectivity index (χ1v) is 9.22. The maximum absolute atomic E-state index is 11.0. The Labute approximate surface area is 119 Å². The topological polar surface area (TPSA) is 52.7 Å². The minimum Gasteiger partial charge on any atom is -0.299 e. The molecule has 2 heterocycles. The lowest BCUT2D eigenvalue weighted by Gasteiger charge is -2.34. The fourth-order valence-electron chi connectivity index (χ4n) is 2.18. The molecule has 0 saturated carbocycles. The van der Waals surface area contributed by atoms with Crippen LogP contribution >= 0.6 is 11.3 Å². The van der Waals surface area contributed by atoms with Gasteiger partial charge in [-0.1, -0.05) is 6.07 Å². The highest BCUT2D eigenvalue weighted by atomic mass is 32.2. The van der Waals surface area contributed by atoms with Crippen LogP contribution < -0.4 is 4.72 Å². The number of thiophene rings is 1. The largest absolute Gasteiger partial charge is 0.299 e. The van der Waals surface area contributed by atoms with E-state index in [0.29, 0.717) is 6.54 Å². The first-order valence-electron chi connectivity index (χ1n) is 6.45. The Hall–Kier alpha value is -0.470. The summed E-state index contributed by atoms with van der Waals surface area (Å²) in [5.41, 5.74) is 0. The van der Waals surface area contributed by atoms with E-state index in [1.807, 2.05) is 0 Å². The maximum Gasteiger partial charge on any atom is 0.208 e. The predicted octanol–water partition coefficient (Wildman–Crippen LogP) is 0.415. The van der Waals surface area contributed by atoms with Gasteiger partial charge < -0.3 is 0 Å². The standard InChI is InChI=1S/C12H21N3O2S2/c1-19(16,17)13-4-5-14-6-8-15(9-7-14)11-12-3-2-10-18-12/h2-3,10,13H,4-9,11H2,1H3. The first-order chi connectivity index (χ1) is 9.03. The molecule has 1 aromatic rings. The Morgan fingerprint density at radius 2 is 1.95 bits per heavy atom. The summed E-state index contributed by atoms with van der Waals surface area (Å²) in [6, 6.07) is 4.26. The highest BCUT2D eigenvalue weighted by Gasteiger charge is 2.17. The van der Waals surface area contributed by atoms with E-state index in [-0.39, 0.29) is 0 Å². The van der Waals surface area contributed by atoms with Gasteiger partial charge in [0.05, 0.1) is 6.26 Å². The van der Waals surface area contributed by atoms with Crippen LogP contribution in [0.1, 0.15) is 4.88 Å². The normalized spacial score (nSPS) is 18.8. The molecular formula is C12H21N3O2S2. The Morgan fingerprint density at radius 3 is 2.53 bits per heavy atom. The molecule has 7 heteroatoms. The van der Waals surface area contributed by atoms with Crippen molar-refractivity contribution in [2.75, 3.05) is 45.5 Å². The molecule has 0 atom stereocenters. The van der Waals surface area contributed by atoms with Crippen molar-refractivity contribution in [3.05, 3.63) is 22.4 Å². The van der Waals surface area contributed by atoms with Crippen LogP contribution in [0.4, 0.5) is 0 Å². The molecule has 1 N–H and O–H groups in total. The van der Waals surface area contributed by atoms with Gasteiger partial charge in [-0.15, -0.1) is 11.3 Å². The summed E-state index contributed by atoms with van der Waals surface area (Å²) in [7, 11) is -3.06. The number of rotatable bonds is 6. The fourth-order valence-corrected chi connectivity index (χ4v) is 3.39. The molecule has 0 amide bonds. The van der Waals surface area contributed by atoms with E-state index in [1.54, 1.807) is 11.3 Å². The van der Waals surface area contributed by atoms with Crippen LogP contribution in [0.15, 0.2) is 17.5 Å². The molecule has 0 aromatic carbocycles. The monoisotopic (exact) mass is 303 g/mol. The molecule has 0 spiro atoms. The molecule has 108 valence electrons. The van der Waals surface area contributed by atoms with Gasteiger partial charge in [0.2, 0.25) is 10.0 Å². The zero-order valence-corrected chi connectivity index (χ0v) is 12.8. The molecule has 2 rings (SSSR count). The Bertz CT molecular complexity index is 465. The van der Waals surface area contributed by atoms with E-state index in [0.717, 1.165) is 39.3 Å². The molecule has 1 aromatic heterocycles. The molecule has 0 aliphatic carbocycles. The Morgan fingerprint density at radius 1 is 1.26 bits per heavy atom. The average molecular weight is 303 g/mol. The highest BCUT2D eigenvalue weighted by Crippen LogP contribution is 2.13. The van der Waals surface area contributed by atoms with Gasteiger partial charge in [-0.05, 0) is 11.4 Å². The summed E-state index contributed by atoms with van der Waals surface area (Å²) in [6.07, 6.45) is 1.20. The van der Waals surface area contributed by atoms with Crippen molar-refractivity contribution >= 4 is 21.4 Å². The van der Waals surface area contributed by atoms with Crippen molar-refractivity contribution in [2.45, 2.75) is 6.54 Å². The van der Waals surface area contributed by atoms with Crippen LogP contribution in [0.2, 0.25) is 0 Å². The third kappa shape index (κ3) is 5.58. The quantitative estimate of drug-likeness (QED) is 0.827. The van der Waals surface area contributed by atoms with Crippen molar-refractivity contribution in [3.63, 3.8) is 0 Å². The molecule has 1 saturated heterocycles. The van der Waals surface area contributed by atoms with E-state index in [2.05, 4.69) is 32.0 Å². The molecule has 0 unspecified atom stereocenters. The minimum absolute atomic E-state index is 0.504. The molecule has 1 aliphatic heterocycles. The summed E-state index contributed by atoms with van der Waals surface area (Å²) in [6.45, 7) is 6.46. The van der Waals surface area contributed by atoms with Crippen molar-refractivity contribution in [1.82, 2.24) is 14.5 Å². The Balaban J connectivity index is 1.65. The zero-order valence-electron chi connectivity index (χ0n) is 11.2. The third-order valence-corrected chi connectivity index (χ3v) is 4.81. The van der Waals surface area contributed by atoms with Gasteiger partial charge in [-0.3, -0.25) is 9.80 Å². The molecule has 1 fully saturated rings. The second-order valence-electron chi connectivity index (χ2n) is 4.86. The summed E-state index contributed by atoms with van der Waals surface area (Å²) < 4.78 is 24.5. The number of hydrogen-bond donors (Lipinski definition) is 1. The molecule has 5 nitrogen and oxygen atoms in total. The zero-order chi connectivity index (χ0) is 13.7. The van der Waals surface area contributed by atoms with E-state index in [1.165, 1.54) is 11.1 Å². The van der Waals surface area contributed by atoms with E-state index >= 15 is 0 Å². The van der Waals surface area contributed by atoms with Crippen LogP contribution in [0, 0.1) is 0 Å². The molecule has 19 heavy (non-hydrogen) atoms. The third-order valence-electron chi connectivity index (χ3n) is 3.22. The number of nitrogens with one attached hydrogen (secondary N) is 1. The van der Waals surface area contributed by atoms with Crippen molar-refractivity contribution in [2.24, 2.45) is 0 Å². The average Bonchev–Trinajstić information content (AvgIpc) is 2.83. The van der Waals surface area contributed by atoms with E-state index in [9.17, 15) is 8.42 Å². The van der Waals surface area contributed by atoms with Crippen LogP contribution in [0.25, 0.3) is 0 Å². The lowest BCUT2D eigenvalue weighted by atomic mass is 10.3. The summed E-state index contributed by atoms with van der Waals surface area (Å²) in [4.78, 5) is 6.17. The van der Waals surface area contributed by atoms with Gasteiger partial charge in [-0.25, -0.2) is 13.1 Å². The molecule has 0 radical (unpaired) electrons. The van der Waals surface area contributed by atoms with Crippen molar-refractivity contribution < 1.29 is 8.42 Å². The van der Waals surface area contributed by atoms with Gasteiger partial charge in [-0.2, -0.15) is 0 Å². The molecule has 1 aliphatic rings. The van der Waals surface area contributed by atoms with Gasteiger partial charge in [0, 0.05) is 50.7 Å². The lowest BCUT2D eigenvalue weighted by molar-refractivity contribution is 0.130. The summed E-state index contributed by atoms with van der Waals surface area (Å²) in [5.74, 6) is 0. The Kier molecular flexibility index (Phi) is 5.35. The van der Waals surface area contributed by atoms with Crippen LogP contribution in [0.5, 0.6) is 0 Å². The molecule has 0 bridgehead atoms. The smallest absolute Gasteiger partial charge is 0.208 e. The molecular weight excluding hydrogens is 282 g/mol. The predicted molar refractivity (Wildman–Crippen MR) is 78.9 cm³/mol. The minimum atomic E-state index is -3.06. The summed E-state index contributed by atoms with van der Waals surface area (Å²) in [5, 5.41) is 2.11. The number of nitrogens with zero attached hydrogens (tertiary/aromatic N) is 2. The summed E-state index contributed by atoms with van der Waals surface area (Å²) >= 11 is 1.80. The van der Waals surface area contributed by atoms with Gasteiger partial charge >= 0.3 is 0 Å². The van der Waals surface area contributed by atoms with Crippen molar-refractivity contribution in [3.8, 4) is 0 Å². The maximum atomic E-state index is 11.0. The highest BCUT2D eigenvalue weighted by molar-refractivity contribution is 7.88. The first kappa shape index (κ1) is 14.9. The van der Waals surface area contributed by atoms with Crippen LogP contribution in [0.3, 0.4) is 0 Å². The van der Waals surface area contributed by atoms with Crippen molar-refractivity contribution in [1.29, 1.82) is 0 Å². The second-order valence-corrected chi connectivity index (χ2v) is 7.73. The lowest BCUT2D eigenvalue weighted by Crippen LogP contribution is -2.47. The van der Waals surface area contributed by atoms with Gasteiger partial charge in [0.25, 0.3) is 0 Å². The second kappa shape index (κ2) is 6.81. The van der Waals surface area contributed by atoms with E-state index < -0.39 is 10.0 Å². The van der Waals surface area contributed by atoms with Gasteiger partial charge in [0.1, 0.15) is 0 Å².